The largest absolute Gasteiger partial charge is 0.416 e. The summed E-state index contributed by atoms with van der Waals surface area (Å²) in [7, 11) is 0. The van der Waals surface area contributed by atoms with Crippen LogP contribution in [0.3, 0.4) is 0 Å². The monoisotopic (exact) mass is 441 g/mol. The Labute approximate surface area is 161 Å². The first-order valence-electron chi connectivity index (χ1n) is 7.52. The maximum atomic E-state index is 12.9. The summed E-state index contributed by atoms with van der Waals surface area (Å²) in [4.78, 5) is 8.32. The molecule has 26 heavy (non-hydrogen) atoms. The van der Waals surface area contributed by atoms with Gasteiger partial charge in [0, 0.05) is 22.6 Å². The van der Waals surface area contributed by atoms with E-state index in [4.69, 9.17) is 11.6 Å². The average Bonchev–Trinajstić information content (AvgIpc) is 2.60. The Morgan fingerprint density at radius 3 is 2.50 bits per heavy atom. The van der Waals surface area contributed by atoms with E-state index in [0.29, 0.717) is 12.4 Å². The molecule has 2 aromatic carbocycles. The van der Waals surface area contributed by atoms with Crippen molar-refractivity contribution in [3.63, 3.8) is 0 Å². The molecule has 0 amide bonds. The van der Waals surface area contributed by atoms with Crippen LogP contribution in [-0.4, -0.2) is 9.97 Å². The predicted octanol–water partition coefficient (Wildman–Crippen LogP) is 6.19. The van der Waals surface area contributed by atoms with Crippen molar-refractivity contribution in [2.24, 2.45) is 0 Å². The molecule has 0 saturated heterocycles. The van der Waals surface area contributed by atoms with Gasteiger partial charge in [0.15, 0.2) is 5.82 Å². The zero-order chi connectivity index (χ0) is 18.7. The molecule has 0 fully saturated rings. The summed E-state index contributed by atoms with van der Waals surface area (Å²) in [6, 6.07) is 14.0. The van der Waals surface area contributed by atoms with Crippen molar-refractivity contribution in [2.45, 2.75) is 12.7 Å². The van der Waals surface area contributed by atoms with Crippen molar-refractivity contribution >= 4 is 33.3 Å². The van der Waals surface area contributed by atoms with Crippen LogP contribution in [0.2, 0.25) is 5.15 Å². The van der Waals surface area contributed by atoms with Gasteiger partial charge in [0.2, 0.25) is 0 Å². The van der Waals surface area contributed by atoms with Gasteiger partial charge in [-0.1, -0.05) is 57.9 Å². The fourth-order valence-corrected chi connectivity index (χ4v) is 2.91. The highest BCUT2D eigenvalue weighted by molar-refractivity contribution is 9.10. The number of hydrogen-bond donors (Lipinski definition) is 1. The summed E-state index contributed by atoms with van der Waals surface area (Å²) < 4.78 is 39.7. The lowest BCUT2D eigenvalue weighted by Gasteiger charge is -2.11. The topological polar surface area (TPSA) is 37.8 Å². The van der Waals surface area contributed by atoms with Gasteiger partial charge in [0.1, 0.15) is 11.0 Å². The Bertz CT molecular complexity index is 932. The lowest BCUT2D eigenvalue weighted by molar-refractivity contribution is -0.137. The highest BCUT2D eigenvalue weighted by atomic mass is 79.9. The van der Waals surface area contributed by atoms with E-state index in [0.717, 1.165) is 22.2 Å². The van der Waals surface area contributed by atoms with Crippen molar-refractivity contribution in [3.05, 3.63) is 75.4 Å². The van der Waals surface area contributed by atoms with Crippen LogP contribution in [0.15, 0.2) is 59.1 Å². The first-order valence-corrected chi connectivity index (χ1v) is 8.69. The second-order valence-electron chi connectivity index (χ2n) is 5.42. The molecule has 1 heterocycles. The number of halogens is 5. The third-order valence-corrected chi connectivity index (χ3v) is 4.53. The molecule has 0 radical (unpaired) electrons. The van der Waals surface area contributed by atoms with Gasteiger partial charge in [0.05, 0.1) is 5.56 Å². The Morgan fingerprint density at radius 1 is 1.00 bits per heavy atom. The number of nitrogens with zero attached hydrogens (tertiary/aromatic N) is 2. The van der Waals surface area contributed by atoms with E-state index < -0.39 is 11.7 Å². The van der Waals surface area contributed by atoms with E-state index in [1.165, 1.54) is 18.2 Å². The Kier molecular flexibility index (Phi) is 5.48. The van der Waals surface area contributed by atoms with E-state index >= 15 is 0 Å². The van der Waals surface area contributed by atoms with Crippen LogP contribution in [0, 0.1) is 0 Å². The van der Waals surface area contributed by atoms with Gasteiger partial charge in [-0.05, 0) is 23.8 Å². The van der Waals surface area contributed by atoms with E-state index in [-0.39, 0.29) is 16.5 Å². The van der Waals surface area contributed by atoms with Gasteiger partial charge < -0.3 is 5.32 Å². The molecular formula is C18H12BrClF3N3. The van der Waals surface area contributed by atoms with Gasteiger partial charge in [-0.2, -0.15) is 13.2 Å². The van der Waals surface area contributed by atoms with Gasteiger partial charge in [-0.25, -0.2) is 9.97 Å². The molecule has 0 aliphatic rings. The highest BCUT2D eigenvalue weighted by Gasteiger charge is 2.30. The van der Waals surface area contributed by atoms with Crippen molar-refractivity contribution in [3.8, 4) is 11.4 Å². The summed E-state index contributed by atoms with van der Waals surface area (Å²) in [6.45, 7) is 0.469. The molecule has 8 heteroatoms. The van der Waals surface area contributed by atoms with Crippen LogP contribution in [-0.2, 0) is 12.7 Å². The van der Waals surface area contributed by atoms with Crippen LogP contribution in [0.1, 0.15) is 11.1 Å². The Balaban J connectivity index is 1.87. The zero-order valence-electron chi connectivity index (χ0n) is 13.2. The van der Waals surface area contributed by atoms with Crippen LogP contribution in [0.4, 0.5) is 19.0 Å². The van der Waals surface area contributed by atoms with Crippen molar-refractivity contribution < 1.29 is 13.2 Å². The Morgan fingerprint density at radius 2 is 1.77 bits per heavy atom. The first-order chi connectivity index (χ1) is 12.3. The lowest BCUT2D eigenvalue weighted by atomic mass is 10.1. The molecule has 1 aromatic heterocycles. The molecule has 3 nitrogen and oxygen atoms in total. The van der Waals surface area contributed by atoms with Crippen LogP contribution < -0.4 is 5.32 Å². The van der Waals surface area contributed by atoms with Gasteiger partial charge >= 0.3 is 6.18 Å². The van der Waals surface area contributed by atoms with E-state index in [1.807, 2.05) is 24.3 Å². The average molecular weight is 443 g/mol. The fraction of sp³-hybridized carbons (Fsp3) is 0.111. The molecule has 0 saturated carbocycles. The molecule has 3 aromatic rings. The van der Waals surface area contributed by atoms with Crippen LogP contribution in [0.5, 0.6) is 0 Å². The quantitative estimate of drug-likeness (QED) is 0.490. The van der Waals surface area contributed by atoms with Crippen LogP contribution in [0.25, 0.3) is 11.4 Å². The standard InChI is InChI=1S/C18H12BrClF3N3/c19-14-7-2-1-4-12(14)10-24-16-9-15(20)25-17(26-16)11-5-3-6-13(8-11)18(21,22)23/h1-9H,10H2,(H,24,25,26). The maximum absolute atomic E-state index is 12.9. The number of nitrogens with one attached hydrogen (secondary N) is 1. The first kappa shape index (κ1) is 18.7. The number of hydrogen-bond acceptors (Lipinski definition) is 3. The smallest absolute Gasteiger partial charge is 0.366 e. The maximum Gasteiger partial charge on any atom is 0.416 e. The molecule has 134 valence electrons. The number of aromatic nitrogens is 2. The predicted molar refractivity (Wildman–Crippen MR) is 98.9 cm³/mol. The van der Waals surface area contributed by atoms with Crippen molar-refractivity contribution in [2.75, 3.05) is 5.32 Å². The fourth-order valence-electron chi connectivity index (χ4n) is 2.30. The van der Waals surface area contributed by atoms with Crippen LogP contribution >= 0.6 is 27.5 Å². The van der Waals surface area contributed by atoms with Gasteiger partial charge in [-0.15, -0.1) is 0 Å². The van der Waals surface area contributed by atoms with Crippen molar-refractivity contribution in [1.82, 2.24) is 9.97 Å². The second kappa shape index (κ2) is 7.63. The highest BCUT2D eigenvalue weighted by Crippen LogP contribution is 2.32. The minimum absolute atomic E-state index is 0.123. The number of alkyl halides is 3. The lowest BCUT2D eigenvalue weighted by Crippen LogP contribution is -2.06. The summed E-state index contributed by atoms with van der Waals surface area (Å²) in [6.07, 6.45) is -4.44. The molecule has 0 bridgehead atoms. The molecule has 0 aliphatic heterocycles. The molecule has 1 N–H and O–H groups in total. The zero-order valence-corrected chi connectivity index (χ0v) is 15.5. The second-order valence-corrected chi connectivity index (χ2v) is 6.66. The summed E-state index contributed by atoms with van der Waals surface area (Å²) in [5, 5.41) is 3.25. The third kappa shape index (κ3) is 4.53. The molecule has 0 spiro atoms. The van der Waals surface area contributed by atoms with E-state index in [2.05, 4.69) is 31.2 Å². The number of rotatable bonds is 4. The normalized spacial score (nSPS) is 11.4. The summed E-state index contributed by atoms with van der Waals surface area (Å²) in [5.74, 6) is 0.548. The number of anilines is 1. The Hall–Kier alpha value is -2.12. The van der Waals surface area contributed by atoms with E-state index in [9.17, 15) is 13.2 Å². The van der Waals surface area contributed by atoms with Crippen molar-refractivity contribution in [1.29, 1.82) is 0 Å². The SMILES string of the molecule is FC(F)(F)c1cccc(-c2nc(Cl)cc(NCc3ccccc3Br)n2)c1. The van der Waals surface area contributed by atoms with Gasteiger partial charge in [0.25, 0.3) is 0 Å². The minimum Gasteiger partial charge on any atom is -0.366 e. The molecule has 0 aliphatic carbocycles. The number of benzene rings is 2. The van der Waals surface area contributed by atoms with E-state index in [1.54, 1.807) is 0 Å². The molecular weight excluding hydrogens is 431 g/mol. The summed E-state index contributed by atoms with van der Waals surface area (Å²) >= 11 is 9.48. The minimum atomic E-state index is -4.44. The molecule has 0 atom stereocenters. The molecule has 3 rings (SSSR count). The summed E-state index contributed by atoms with van der Waals surface area (Å²) in [5.41, 5.74) is 0.482. The van der Waals surface area contributed by atoms with Gasteiger partial charge in [-0.3, -0.25) is 0 Å². The molecule has 0 unspecified atom stereocenters. The third-order valence-electron chi connectivity index (χ3n) is 3.56.